The van der Waals surface area contributed by atoms with Crippen molar-refractivity contribution in [2.24, 2.45) is 0 Å². The molecule has 17 heavy (non-hydrogen) atoms. The van der Waals surface area contributed by atoms with Crippen LogP contribution in [0.1, 0.15) is 38.3 Å². The lowest BCUT2D eigenvalue weighted by atomic mass is 9.98. The summed E-state index contributed by atoms with van der Waals surface area (Å²) in [5, 5.41) is 4.27. The molecule has 0 saturated carbocycles. The van der Waals surface area contributed by atoms with Gasteiger partial charge in [-0.3, -0.25) is 0 Å². The minimum atomic E-state index is 0.248. The molecule has 1 aromatic carbocycles. The maximum absolute atomic E-state index is 6.26. The van der Waals surface area contributed by atoms with E-state index in [1.807, 2.05) is 12.1 Å². The molecule has 0 radical (unpaired) electrons. The van der Waals surface area contributed by atoms with E-state index in [1.54, 1.807) is 0 Å². The fraction of sp³-hybridized carbons (Fsp3) is 0.429. The Kier molecular flexibility index (Phi) is 6.24. The van der Waals surface area contributed by atoms with Gasteiger partial charge in [0.2, 0.25) is 0 Å². The van der Waals surface area contributed by atoms with E-state index in [0.717, 1.165) is 34.4 Å². The molecule has 1 unspecified atom stereocenters. The number of hydrogen-bond donors (Lipinski definition) is 1. The smallest absolute Gasteiger partial charge is 0.0454 e. The van der Waals surface area contributed by atoms with Gasteiger partial charge in [0, 0.05) is 15.5 Å². The fourth-order valence-electron chi connectivity index (χ4n) is 1.75. The molecule has 0 spiro atoms. The minimum Gasteiger partial charge on any atom is -0.310 e. The second-order valence-electron chi connectivity index (χ2n) is 4.08. The molecule has 1 aromatic rings. The topological polar surface area (TPSA) is 12.0 Å². The molecule has 1 rings (SSSR count). The molecule has 0 aliphatic rings. The van der Waals surface area contributed by atoms with Gasteiger partial charge in [-0.25, -0.2) is 0 Å². The second-order valence-corrected chi connectivity index (χ2v) is 5.41. The Balaban J connectivity index is 2.95. The zero-order chi connectivity index (χ0) is 12.8. The maximum Gasteiger partial charge on any atom is 0.0454 e. The fourth-order valence-corrected chi connectivity index (χ4v) is 2.38. The van der Waals surface area contributed by atoms with E-state index >= 15 is 0 Å². The molecule has 1 N–H and O–H groups in total. The van der Waals surface area contributed by atoms with Gasteiger partial charge in [0.05, 0.1) is 0 Å². The van der Waals surface area contributed by atoms with Crippen LogP contribution >= 0.6 is 27.5 Å². The van der Waals surface area contributed by atoms with E-state index in [4.69, 9.17) is 11.6 Å². The van der Waals surface area contributed by atoms with Gasteiger partial charge >= 0.3 is 0 Å². The summed E-state index contributed by atoms with van der Waals surface area (Å²) < 4.78 is 1.06. The molecule has 0 amide bonds. The van der Waals surface area contributed by atoms with Gasteiger partial charge in [-0.15, -0.1) is 0 Å². The predicted molar refractivity (Wildman–Crippen MR) is 79.6 cm³/mol. The summed E-state index contributed by atoms with van der Waals surface area (Å²) >= 11 is 9.75. The Morgan fingerprint density at radius 2 is 2.18 bits per heavy atom. The second kappa shape index (κ2) is 7.20. The molecule has 0 bridgehead atoms. The van der Waals surface area contributed by atoms with Gasteiger partial charge in [-0.2, -0.15) is 0 Å². The van der Waals surface area contributed by atoms with Crippen molar-refractivity contribution in [3.63, 3.8) is 0 Å². The lowest BCUT2D eigenvalue weighted by molar-refractivity contribution is 0.543. The summed E-state index contributed by atoms with van der Waals surface area (Å²) in [6, 6.07) is 6.22. The summed E-state index contributed by atoms with van der Waals surface area (Å²) in [5.74, 6) is 0. The molecule has 0 aromatic heterocycles. The van der Waals surface area contributed by atoms with Crippen LogP contribution in [0.4, 0.5) is 0 Å². The highest BCUT2D eigenvalue weighted by Gasteiger charge is 2.14. The van der Waals surface area contributed by atoms with E-state index in [1.165, 1.54) is 5.57 Å². The van der Waals surface area contributed by atoms with Crippen LogP contribution in [0.5, 0.6) is 0 Å². The number of nitrogens with one attached hydrogen (secondary N) is 1. The van der Waals surface area contributed by atoms with Crippen LogP contribution in [-0.4, -0.2) is 6.54 Å². The third-order valence-corrected chi connectivity index (χ3v) is 3.61. The molecule has 3 heteroatoms. The zero-order valence-electron chi connectivity index (χ0n) is 10.4. The molecule has 0 aliphatic heterocycles. The molecule has 0 saturated heterocycles. The van der Waals surface area contributed by atoms with Crippen molar-refractivity contribution in [3.05, 3.63) is 45.4 Å². The average Bonchev–Trinajstić information content (AvgIpc) is 2.31. The van der Waals surface area contributed by atoms with Gasteiger partial charge in [0.25, 0.3) is 0 Å². The van der Waals surface area contributed by atoms with Crippen LogP contribution in [-0.2, 0) is 0 Å². The molecule has 0 aliphatic carbocycles. The molecule has 1 atom stereocenters. The van der Waals surface area contributed by atoms with E-state index < -0.39 is 0 Å². The van der Waals surface area contributed by atoms with Crippen molar-refractivity contribution >= 4 is 27.5 Å². The van der Waals surface area contributed by atoms with Gasteiger partial charge < -0.3 is 5.32 Å². The van der Waals surface area contributed by atoms with Crippen molar-refractivity contribution in [1.82, 2.24) is 5.32 Å². The molecule has 0 fully saturated rings. The van der Waals surface area contributed by atoms with Gasteiger partial charge in [0.1, 0.15) is 0 Å². The first-order chi connectivity index (χ1) is 8.08. The summed E-state index contributed by atoms with van der Waals surface area (Å²) in [6.45, 7) is 9.24. The highest BCUT2D eigenvalue weighted by atomic mass is 79.9. The predicted octanol–water partition coefficient (Wildman–Crippen LogP) is 5.11. The van der Waals surface area contributed by atoms with E-state index in [-0.39, 0.29) is 6.04 Å². The van der Waals surface area contributed by atoms with Crippen LogP contribution in [0, 0.1) is 0 Å². The van der Waals surface area contributed by atoms with Gasteiger partial charge in [0.15, 0.2) is 0 Å². The molecular weight excluding hydrogens is 298 g/mol. The van der Waals surface area contributed by atoms with Crippen LogP contribution in [0.25, 0.3) is 0 Å². The molecule has 0 heterocycles. The number of rotatable bonds is 6. The number of hydrogen-bond acceptors (Lipinski definition) is 1. The Morgan fingerprint density at radius 1 is 1.47 bits per heavy atom. The van der Waals surface area contributed by atoms with Crippen molar-refractivity contribution in [1.29, 1.82) is 0 Å². The summed E-state index contributed by atoms with van der Waals surface area (Å²) in [6.07, 6.45) is 1.94. The van der Waals surface area contributed by atoms with E-state index in [2.05, 4.69) is 47.7 Å². The lowest BCUT2D eigenvalue weighted by Gasteiger charge is -2.20. The first kappa shape index (κ1) is 14.7. The van der Waals surface area contributed by atoms with Crippen LogP contribution in [0.2, 0.25) is 5.02 Å². The Morgan fingerprint density at radius 3 is 2.76 bits per heavy atom. The largest absolute Gasteiger partial charge is 0.310 e. The number of halogens is 2. The lowest BCUT2D eigenvalue weighted by Crippen LogP contribution is -2.21. The normalized spacial score (nSPS) is 12.5. The molecule has 1 nitrogen and oxygen atoms in total. The zero-order valence-corrected chi connectivity index (χ0v) is 12.7. The Bertz CT molecular complexity index is 390. The highest BCUT2D eigenvalue weighted by molar-refractivity contribution is 9.10. The van der Waals surface area contributed by atoms with Crippen molar-refractivity contribution in [2.45, 2.75) is 32.7 Å². The number of benzene rings is 1. The Hall–Kier alpha value is -0.310. The third-order valence-electron chi connectivity index (χ3n) is 2.78. The van der Waals surface area contributed by atoms with Crippen LogP contribution in [0.3, 0.4) is 0 Å². The van der Waals surface area contributed by atoms with Crippen molar-refractivity contribution in [2.75, 3.05) is 6.54 Å². The summed E-state index contributed by atoms with van der Waals surface area (Å²) in [7, 11) is 0. The van der Waals surface area contributed by atoms with Crippen LogP contribution in [0.15, 0.2) is 34.8 Å². The van der Waals surface area contributed by atoms with Crippen molar-refractivity contribution < 1.29 is 0 Å². The Labute approximate surface area is 117 Å². The van der Waals surface area contributed by atoms with E-state index in [0.29, 0.717) is 0 Å². The first-order valence-electron chi connectivity index (χ1n) is 5.93. The SMILES string of the molecule is C=C(CC)CC(NCC)c1cc(Br)ccc1Cl. The standard InChI is InChI=1S/C14H19BrClN/c1-4-10(3)8-14(17-5-2)12-9-11(15)6-7-13(12)16/h6-7,9,14,17H,3-5,8H2,1-2H3. The minimum absolute atomic E-state index is 0.248. The van der Waals surface area contributed by atoms with E-state index in [9.17, 15) is 0 Å². The average molecular weight is 317 g/mol. The molecule has 94 valence electrons. The summed E-state index contributed by atoms with van der Waals surface area (Å²) in [5.41, 5.74) is 2.38. The highest BCUT2D eigenvalue weighted by Crippen LogP contribution is 2.30. The summed E-state index contributed by atoms with van der Waals surface area (Å²) in [4.78, 5) is 0. The monoisotopic (exact) mass is 315 g/mol. The van der Waals surface area contributed by atoms with Gasteiger partial charge in [-0.1, -0.05) is 53.5 Å². The molecular formula is C14H19BrClN. The van der Waals surface area contributed by atoms with Gasteiger partial charge in [-0.05, 0) is 43.1 Å². The van der Waals surface area contributed by atoms with Crippen LogP contribution < -0.4 is 5.32 Å². The first-order valence-corrected chi connectivity index (χ1v) is 7.10. The third kappa shape index (κ3) is 4.46. The van der Waals surface area contributed by atoms with Crippen molar-refractivity contribution in [3.8, 4) is 0 Å². The quantitative estimate of drug-likeness (QED) is 0.719. The maximum atomic E-state index is 6.26.